The van der Waals surface area contributed by atoms with Gasteiger partial charge in [0.25, 0.3) is 0 Å². The van der Waals surface area contributed by atoms with Crippen LogP contribution in [0.4, 0.5) is 0 Å². The van der Waals surface area contributed by atoms with Gasteiger partial charge in [-0.05, 0) is 38.1 Å². The number of piperidine rings is 1. The molecular weight excluding hydrogens is 238 g/mol. The zero-order valence-corrected chi connectivity index (χ0v) is 10.1. The molecule has 0 bridgehead atoms. The van der Waals surface area contributed by atoms with Gasteiger partial charge < -0.3 is 10.4 Å². The third kappa shape index (κ3) is 1.77. The summed E-state index contributed by atoms with van der Waals surface area (Å²) in [6.07, 6.45) is 2.06. The van der Waals surface area contributed by atoms with E-state index < -0.39 is 0 Å². The van der Waals surface area contributed by atoms with E-state index in [-0.39, 0.29) is 5.88 Å². The number of aromatic nitrogens is 2. The highest BCUT2D eigenvalue weighted by Crippen LogP contribution is 2.31. The Morgan fingerprint density at radius 2 is 2.12 bits per heavy atom. The number of pyridine rings is 1. The van der Waals surface area contributed by atoms with Gasteiger partial charge in [-0.1, -0.05) is 17.7 Å². The molecule has 0 saturated carbocycles. The zero-order chi connectivity index (χ0) is 11.8. The number of fused-ring (bicyclic) bond motifs is 1. The molecule has 0 unspecified atom stereocenters. The molecule has 2 N–H and O–H groups in total. The molecule has 2 aromatic heterocycles. The number of halogens is 1. The normalized spacial score (nSPS) is 17.7. The highest BCUT2D eigenvalue weighted by atomic mass is 35.5. The molecule has 0 atom stereocenters. The largest absolute Gasteiger partial charge is 0.494 e. The Labute approximate surface area is 104 Å². The van der Waals surface area contributed by atoms with Crippen LogP contribution >= 0.6 is 11.6 Å². The van der Waals surface area contributed by atoms with Gasteiger partial charge in [-0.15, -0.1) is 0 Å². The minimum Gasteiger partial charge on any atom is -0.494 e. The van der Waals surface area contributed by atoms with E-state index in [2.05, 4.69) is 10.3 Å². The molecule has 3 heterocycles. The van der Waals surface area contributed by atoms with Crippen molar-refractivity contribution in [1.29, 1.82) is 0 Å². The second-order valence-corrected chi connectivity index (χ2v) is 4.75. The number of nitrogens with zero attached hydrogens (tertiary/aromatic N) is 2. The van der Waals surface area contributed by atoms with Gasteiger partial charge in [-0.3, -0.25) is 4.40 Å². The molecule has 90 valence electrons. The number of nitrogens with one attached hydrogen (secondary N) is 1. The van der Waals surface area contributed by atoms with Gasteiger partial charge in [0.1, 0.15) is 5.82 Å². The van der Waals surface area contributed by atoms with Crippen molar-refractivity contribution in [2.45, 2.75) is 18.8 Å². The molecule has 1 aliphatic rings. The van der Waals surface area contributed by atoms with Crippen LogP contribution in [-0.4, -0.2) is 27.6 Å². The van der Waals surface area contributed by atoms with Crippen LogP contribution in [0.2, 0.25) is 5.15 Å². The predicted octanol–water partition coefficient (Wildman–Crippen LogP) is 2.16. The van der Waals surface area contributed by atoms with Crippen molar-refractivity contribution in [2.75, 3.05) is 13.1 Å². The van der Waals surface area contributed by atoms with Crippen LogP contribution in [0, 0.1) is 0 Å². The fourth-order valence-electron chi connectivity index (χ4n) is 2.46. The zero-order valence-electron chi connectivity index (χ0n) is 9.36. The minimum atomic E-state index is 0.204. The molecular formula is C12H14ClN3O. The number of hydrogen-bond donors (Lipinski definition) is 2. The summed E-state index contributed by atoms with van der Waals surface area (Å²) in [6.45, 7) is 1.98. The van der Waals surface area contributed by atoms with Crippen molar-refractivity contribution in [3.05, 3.63) is 29.2 Å². The Morgan fingerprint density at radius 3 is 2.88 bits per heavy atom. The molecule has 5 heteroatoms. The van der Waals surface area contributed by atoms with Gasteiger partial charge in [0.15, 0.2) is 11.0 Å². The number of hydrogen-bond acceptors (Lipinski definition) is 3. The van der Waals surface area contributed by atoms with Gasteiger partial charge >= 0.3 is 0 Å². The summed E-state index contributed by atoms with van der Waals surface area (Å²) >= 11 is 6.11. The van der Waals surface area contributed by atoms with Crippen molar-refractivity contribution in [2.24, 2.45) is 0 Å². The molecule has 0 aliphatic carbocycles. The molecule has 4 nitrogen and oxygen atoms in total. The Morgan fingerprint density at radius 1 is 1.35 bits per heavy atom. The quantitative estimate of drug-likeness (QED) is 0.817. The van der Waals surface area contributed by atoms with Crippen LogP contribution in [0.15, 0.2) is 18.2 Å². The van der Waals surface area contributed by atoms with E-state index in [0.29, 0.717) is 11.1 Å². The fourth-order valence-corrected chi connectivity index (χ4v) is 2.70. The Kier molecular flexibility index (Phi) is 2.68. The lowest BCUT2D eigenvalue weighted by atomic mass is 9.97. The monoisotopic (exact) mass is 251 g/mol. The van der Waals surface area contributed by atoms with E-state index in [9.17, 15) is 5.11 Å². The molecule has 0 spiro atoms. The van der Waals surface area contributed by atoms with E-state index in [1.54, 1.807) is 16.5 Å². The van der Waals surface area contributed by atoms with Crippen LogP contribution in [0.25, 0.3) is 5.52 Å². The minimum absolute atomic E-state index is 0.204. The van der Waals surface area contributed by atoms with Gasteiger partial charge in [0.2, 0.25) is 0 Å². The van der Waals surface area contributed by atoms with Crippen LogP contribution < -0.4 is 5.32 Å². The first-order valence-electron chi connectivity index (χ1n) is 5.84. The number of imidazole rings is 1. The average Bonchev–Trinajstić information content (AvgIpc) is 2.70. The van der Waals surface area contributed by atoms with Crippen LogP contribution in [0.1, 0.15) is 24.6 Å². The molecule has 0 amide bonds. The molecule has 1 fully saturated rings. The maximum Gasteiger partial charge on any atom is 0.197 e. The highest BCUT2D eigenvalue weighted by Gasteiger charge is 2.22. The molecule has 0 aromatic carbocycles. The van der Waals surface area contributed by atoms with Gasteiger partial charge in [0, 0.05) is 5.92 Å². The second kappa shape index (κ2) is 4.20. The topological polar surface area (TPSA) is 49.6 Å². The summed E-state index contributed by atoms with van der Waals surface area (Å²) < 4.78 is 1.76. The van der Waals surface area contributed by atoms with Crippen molar-refractivity contribution in [1.82, 2.24) is 14.7 Å². The Balaban J connectivity index is 2.15. The standard InChI is InChI=1S/C12H14ClN3O/c13-11-9-2-1-3-10(17)16(9)12(15-11)8-4-6-14-7-5-8/h1-3,8,14,17H,4-7H2. The molecule has 2 aromatic rings. The van der Waals surface area contributed by atoms with Crippen LogP contribution in [0.3, 0.4) is 0 Å². The second-order valence-electron chi connectivity index (χ2n) is 4.39. The molecule has 0 radical (unpaired) electrons. The SMILES string of the molecule is Oc1cccc2c(Cl)nc(C3CCNCC3)n12. The Bertz CT molecular complexity index is 546. The van der Waals surface area contributed by atoms with E-state index in [1.807, 2.05) is 6.07 Å². The lowest BCUT2D eigenvalue weighted by molar-refractivity contribution is 0.416. The summed E-state index contributed by atoms with van der Waals surface area (Å²) in [5.74, 6) is 1.45. The maximum absolute atomic E-state index is 9.94. The first kappa shape index (κ1) is 10.9. The van der Waals surface area contributed by atoms with Crippen molar-refractivity contribution in [3.8, 4) is 5.88 Å². The molecule has 1 aliphatic heterocycles. The average molecular weight is 252 g/mol. The van der Waals surface area contributed by atoms with E-state index >= 15 is 0 Å². The third-order valence-corrected chi connectivity index (χ3v) is 3.61. The first-order chi connectivity index (χ1) is 8.27. The van der Waals surface area contributed by atoms with Crippen LogP contribution in [0.5, 0.6) is 5.88 Å². The summed E-state index contributed by atoms with van der Waals surface area (Å²) in [5, 5.41) is 13.7. The van der Waals surface area contributed by atoms with Gasteiger partial charge in [0.05, 0.1) is 5.52 Å². The number of aromatic hydroxyl groups is 1. The first-order valence-corrected chi connectivity index (χ1v) is 6.21. The molecule has 17 heavy (non-hydrogen) atoms. The van der Waals surface area contributed by atoms with E-state index in [1.165, 1.54) is 0 Å². The third-order valence-electron chi connectivity index (χ3n) is 3.33. The fraction of sp³-hybridized carbons (Fsp3) is 0.417. The summed E-state index contributed by atoms with van der Waals surface area (Å²) in [6, 6.07) is 5.32. The van der Waals surface area contributed by atoms with Crippen LogP contribution in [-0.2, 0) is 0 Å². The van der Waals surface area contributed by atoms with Gasteiger partial charge in [-0.2, -0.15) is 0 Å². The number of rotatable bonds is 1. The molecule has 1 saturated heterocycles. The highest BCUT2D eigenvalue weighted by molar-refractivity contribution is 6.32. The summed E-state index contributed by atoms with van der Waals surface area (Å²) in [7, 11) is 0. The van der Waals surface area contributed by atoms with Crippen molar-refractivity contribution < 1.29 is 5.11 Å². The lowest BCUT2D eigenvalue weighted by Crippen LogP contribution is -2.27. The van der Waals surface area contributed by atoms with E-state index in [4.69, 9.17) is 11.6 Å². The van der Waals surface area contributed by atoms with E-state index in [0.717, 1.165) is 37.3 Å². The van der Waals surface area contributed by atoms with Crippen molar-refractivity contribution >= 4 is 17.1 Å². The smallest absolute Gasteiger partial charge is 0.197 e. The predicted molar refractivity (Wildman–Crippen MR) is 66.7 cm³/mol. The lowest BCUT2D eigenvalue weighted by Gasteiger charge is -2.21. The summed E-state index contributed by atoms with van der Waals surface area (Å²) in [5.41, 5.74) is 0.778. The maximum atomic E-state index is 9.94. The Hall–Kier alpha value is -1.26. The van der Waals surface area contributed by atoms with Crippen molar-refractivity contribution in [3.63, 3.8) is 0 Å². The molecule has 3 rings (SSSR count). The summed E-state index contributed by atoms with van der Waals surface area (Å²) in [4.78, 5) is 4.41. The van der Waals surface area contributed by atoms with Gasteiger partial charge in [-0.25, -0.2) is 4.98 Å².